The highest BCUT2D eigenvalue weighted by Gasteiger charge is 2.07. The van der Waals surface area contributed by atoms with Gasteiger partial charge in [-0.2, -0.15) is 0 Å². The van der Waals surface area contributed by atoms with Gasteiger partial charge in [0.25, 0.3) is 5.91 Å². The lowest BCUT2D eigenvalue weighted by Crippen LogP contribution is -2.64. The molecule has 5 N–H and O–H groups in total. The van der Waals surface area contributed by atoms with E-state index in [-0.39, 0.29) is 11.3 Å². The first kappa shape index (κ1) is 9.42. The number of hydrogen-bond acceptors (Lipinski definition) is 2. The number of amides is 1. The van der Waals surface area contributed by atoms with Gasteiger partial charge in [-0.3, -0.25) is 9.79 Å². The number of rotatable bonds is 3. The summed E-state index contributed by atoms with van der Waals surface area (Å²) in [7, 11) is 1.65. The second-order valence-electron chi connectivity index (χ2n) is 1.87. The van der Waals surface area contributed by atoms with Crippen LogP contribution in [0.3, 0.4) is 0 Å². The SMILES string of the molecule is C=CC(N)=C(C=[NH+]C)C(N)=O. The van der Waals surface area contributed by atoms with Crippen LogP contribution in [0.25, 0.3) is 0 Å². The van der Waals surface area contributed by atoms with E-state index < -0.39 is 5.91 Å². The number of carbonyl (C=O) groups is 1. The number of allylic oxidation sites excluding steroid dienone is 1. The van der Waals surface area contributed by atoms with E-state index >= 15 is 0 Å². The molecule has 0 aliphatic rings. The van der Waals surface area contributed by atoms with Gasteiger partial charge in [0.15, 0.2) is 6.21 Å². The molecule has 0 radical (unpaired) electrons. The second kappa shape index (κ2) is 4.27. The van der Waals surface area contributed by atoms with Crippen LogP contribution in [-0.2, 0) is 4.79 Å². The van der Waals surface area contributed by atoms with Crippen LogP contribution in [0.4, 0.5) is 0 Å². The molecule has 0 saturated heterocycles. The monoisotopic (exact) mass is 154 g/mol. The Bertz CT molecular complexity index is 228. The van der Waals surface area contributed by atoms with Crippen molar-refractivity contribution in [1.82, 2.24) is 0 Å². The van der Waals surface area contributed by atoms with E-state index in [1.165, 1.54) is 12.3 Å². The Balaban J connectivity index is 4.87. The number of nitrogens with one attached hydrogen (secondary N) is 1. The largest absolute Gasteiger partial charge is 0.398 e. The summed E-state index contributed by atoms with van der Waals surface area (Å²) in [5, 5.41) is 0. The maximum absolute atomic E-state index is 10.7. The Morgan fingerprint density at radius 3 is 2.36 bits per heavy atom. The van der Waals surface area contributed by atoms with Crippen molar-refractivity contribution < 1.29 is 9.79 Å². The molecular weight excluding hydrogens is 142 g/mol. The molecule has 60 valence electrons. The Kier molecular flexibility index (Phi) is 3.66. The molecule has 0 aliphatic carbocycles. The van der Waals surface area contributed by atoms with Crippen LogP contribution >= 0.6 is 0 Å². The average Bonchev–Trinajstić information content (AvgIpc) is 1.98. The van der Waals surface area contributed by atoms with E-state index in [0.29, 0.717) is 0 Å². The molecule has 0 aromatic rings. The molecule has 4 heteroatoms. The van der Waals surface area contributed by atoms with Crippen LogP contribution < -0.4 is 16.5 Å². The third-order valence-corrected chi connectivity index (χ3v) is 1.09. The van der Waals surface area contributed by atoms with Crippen molar-refractivity contribution in [2.75, 3.05) is 7.05 Å². The quantitative estimate of drug-likeness (QED) is 0.242. The van der Waals surface area contributed by atoms with Crippen molar-refractivity contribution in [1.29, 1.82) is 0 Å². The van der Waals surface area contributed by atoms with Gasteiger partial charge in [0.2, 0.25) is 0 Å². The van der Waals surface area contributed by atoms with Gasteiger partial charge in [0.1, 0.15) is 12.6 Å². The summed E-state index contributed by atoms with van der Waals surface area (Å²) in [6.45, 7) is 3.41. The van der Waals surface area contributed by atoms with E-state index in [1.807, 2.05) is 0 Å². The summed E-state index contributed by atoms with van der Waals surface area (Å²) in [6.07, 6.45) is 2.80. The molecule has 0 aromatic carbocycles. The van der Waals surface area contributed by atoms with Crippen LogP contribution in [0.5, 0.6) is 0 Å². The predicted octanol–water partition coefficient (Wildman–Crippen LogP) is -2.35. The minimum Gasteiger partial charge on any atom is -0.398 e. The fourth-order valence-corrected chi connectivity index (χ4v) is 0.551. The van der Waals surface area contributed by atoms with Gasteiger partial charge in [-0.1, -0.05) is 6.58 Å². The summed E-state index contributed by atoms with van der Waals surface area (Å²) in [4.78, 5) is 13.3. The molecule has 0 unspecified atom stereocenters. The number of hydrogen-bond donors (Lipinski definition) is 3. The highest BCUT2D eigenvalue weighted by molar-refractivity contribution is 6.10. The molecule has 0 bridgehead atoms. The third-order valence-electron chi connectivity index (χ3n) is 1.09. The van der Waals surface area contributed by atoms with Crippen LogP contribution in [0, 0.1) is 0 Å². The highest BCUT2D eigenvalue weighted by Crippen LogP contribution is 1.93. The van der Waals surface area contributed by atoms with Gasteiger partial charge < -0.3 is 11.5 Å². The van der Waals surface area contributed by atoms with Crippen molar-refractivity contribution in [3.63, 3.8) is 0 Å². The van der Waals surface area contributed by atoms with E-state index in [4.69, 9.17) is 11.5 Å². The Hall–Kier alpha value is -1.58. The molecule has 0 saturated carbocycles. The zero-order valence-corrected chi connectivity index (χ0v) is 6.42. The Morgan fingerprint density at radius 2 is 2.09 bits per heavy atom. The molecule has 11 heavy (non-hydrogen) atoms. The van der Waals surface area contributed by atoms with Crippen LogP contribution in [0.15, 0.2) is 23.9 Å². The van der Waals surface area contributed by atoms with Crippen LogP contribution in [0.1, 0.15) is 0 Å². The van der Waals surface area contributed by atoms with Crippen molar-refractivity contribution in [3.05, 3.63) is 23.9 Å². The van der Waals surface area contributed by atoms with Crippen LogP contribution in [-0.4, -0.2) is 19.2 Å². The predicted molar refractivity (Wildman–Crippen MR) is 43.6 cm³/mol. The topological polar surface area (TPSA) is 83.1 Å². The van der Waals surface area contributed by atoms with Crippen molar-refractivity contribution in [3.8, 4) is 0 Å². The number of nitrogens with two attached hydrogens (primary N) is 2. The van der Waals surface area contributed by atoms with E-state index in [9.17, 15) is 4.79 Å². The van der Waals surface area contributed by atoms with Gasteiger partial charge in [-0.25, -0.2) is 0 Å². The van der Waals surface area contributed by atoms with Crippen molar-refractivity contribution in [2.45, 2.75) is 0 Å². The second-order valence-corrected chi connectivity index (χ2v) is 1.87. The molecule has 0 aliphatic heterocycles. The number of carbonyl (C=O) groups excluding carboxylic acids is 1. The first-order valence-electron chi connectivity index (χ1n) is 3.06. The van der Waals surface area contributed by atoms with Gasteiger partial charge in [-0.05, 0) is 6.08 Å². The molecule has 4 nitrogen and oxygen atoms in total. The fourth-order valence-electron chi connectivity index (χ4n) is 0.551. The summed E-state index contributed by atoms with van der Waals surface area (Å²) < 4.78 is 0. The van der Waals surface area contributed by atoms with Gasteiger partial charge in [-0.15, -0.1) is 0 Å². The fraction of sp³-hybridized carbons (Fsp3) is 0.143. The summed E-state index contributed by atoms with van der Waals surface area (Å²) >= 11 is 0. The first-order chi connectivity index (χ1) is 5.13. The lowest BCUT2D eigenvalue weighted by Gasteiger charge is -1.94. The summed E-state index contributed by atoms with van der Waals surface area (Å²) in [5.74, 6) is -0.572. The molecule has 0 spiro atoms. The molecular formula is C7H12N3O+. The molecule has 0 heterocycles. The standard InChI is InChI=1S/C7H11N3O/c1-3-6(8)5(4-10-2)7(9)11/h3-4H,1,8H2,2H3,(H2,9,11)/p+1. The maximum atomic E-state index is 10.7. The molecule has 0 fully saturated rings. The van der Waals surface area contributed by atoms with E-state index in [0.717, 1.165) is 0 Å². The first-order valence-corrected chi connectivity index (χ1v) is 3.06. The average molecular weight is 154 g/mol. The highest BCUT2D eigenvalue weighted by atomic mass is 16.1. The van der Waals surface area contributed by atoms with Crippen LogP contribution in [0.2, 0.25) is 0 Å². The number of primary amides is 1. The Morgan fingerprint density at radius 1 is 1.55 bits per heavy atom. The molecule has 0 rings (SSSR count). The van der Waals surface area contributed by atoms with Gasteiger partial charge in [0.05, 0.1) is 0 Å². The zero-order chi connectivity index (χ0) is 8.85. The third kappa shape index (κ3) is 2.66. The van der Waals surface area contributed by atoms with Gasteiger partial charge >= 0.3 is 0 Å². The van der Waals surface area contributed by atoms with E-state index in [1.54, 1.807) is 7.05 Å². The van der Waals surface area contributed by atoms with Gasteiger partial charge in [0, 0.05) is 5.70 Å². The summed E-state index contributed by atoms with van der Waals surface area (Å²) in [5.41, 5.74) is 10.9. The molecule has 0 aromatic heterocycles. The minimum absolute atomic E-state index is 0.238. The molecule has 0 atom stereocenters. The maximum Gasteiger partial charge on any atom is 0.256 e. The van der Waals surface area contributed by atoms with Crippen molar-refractivity contribution in [2.24, 2.45) is 11.5 Å². The lowest BCUT2D eigenvalue weighted by molar-refractivity contribution is -0.413. The van der Waals surface area contributed by atoms with E-state index in [2.05, 4.69) is 11.6 Å². The smallest absolute Gasteiger partial charge is 0.256 e. The zero-order valence-electron chi connectivity index (χ0n) is 6.42. The van der Waals surface area contributed by atoms with Crippen molar-refractivity contribution >= 4 is 12.1 Å². The normalized spacial score (nSPS) is 12.8. The molecule has 1 amide bonds. The minimum atomic E-state index is -0.572. The summed E-state index contributed by atoms with van der Waals surface area (Å²) in [6, 6.07) is 0. The Labute approximate surface area is 65.3 Å². The lowest BCUT2D eigenvalue weighted by atomic mass is 10.2.